The van der Waals surface area contributed by atoms with E-state index in [1.165, 1.54) is 5.56 Å². The predicted octanol–water partition coefficient (Wildman–Crippen LogP) is 1.64. The van der Waals surface area contributed by atoms with Crippen LogP contribution in [0.3, 0.4) is 0 Å². The molecule has 2 nitrogen and oxygen atoms in total. The third kappa shape index (κ3) is 2.32. The Morgan fingerprint density at radius 1 is 1.33 bits per heavy atom. The first-order chi connectivity index (χ1) is 5.88. The largest absolute Gasteiger partial charge is 0.271 e. The van der Waals surface area contributed by atoms with Crippen LogP contribution < -0.4 is 11.3 Å². The van der Waals surface area contributed by atoms with E-state index in [1.54, 1.807) is 0 Å². The van der Waals surface area contributed by atoms with E-state index in [-0.39, 0.29) is 0 Å². The zero-order valence-corrected chi connectivity index (χ0v) is 7.46. The molecule has 1 atom stereocenters. The second-order valence-corrected chi connectivity index (χ2v) is 2.92. The van der Waals surface area contributed by atoms with E-state index >= 15 is 0 Å². The van der Waals surface area contributed by atoms with Crippen molar-refractivity contribution in [2.45, 2.75) is 19.3 Å². The minimum atomic E-state index is 0.538. The van der Waals surface area contributed by atoms with Gasteiger partial charge in [0.05, 0.1) is 0 Å². The van der Waals surface area contributed by atoms with Gasteiger partial charge in [0.25, 0.3) is 0 Å². The molecule has 0 saturated carbocycles. The molecular formula is C10H16N2. The molecule has 0 spiro atoms. The van der Waals surface area contributed by atoms with Gasteiger partial charge in [0.1, 0.15) is 0 Å². The third-order valence-corrected chi connectivity index (χ3v) is 2.13. The van der Waals surface area contributed by atoms with E-state index in [4.69, 9.17) is 5.84 Å². The SMILES string of the molecule is CC[C@@H](CNN)c1ccccc1. The Hall–Kier alpha value is -0.860. The van der Waals surface area contributed by atoms with Gasteiger partial charge in [0.15, 0.2) is 0 Å². The molecule has 66 valence electrons. The number of hydrogen-bond acceptors (Lipinski definition) is 2. The fourth-order valence-corrected chi connectivity index (χ4v) is 1.37. The number of rotatable bonds is 4. The van der Waals surface area contributed by atoms with Crippen molar-refractivity contribution in [3.8, 4) is 0 Å². The van der Waals surface area contributed by atoms with Gasteiger partial charge >= 0.3 is 0 Å². The lowest BCUT2D eigenvalue weighted by Gasteiger charge is -2.13. The summed E-state index contributed by atoms with van der Waals surface area (Å²) in [4.78, 5) is 0. The molecule has 1 aromatic carbocycles. The highest BCUT2D eigenvalue weighted by Gasteiger charge is 2.06. The number of nitrogens with two attached hydrogens (primary N) is 1. The maximum atomic E-state index is 5.29. The molecule has 2 heteroatoms. The average Bonchev–Trinajstić information content (AvgIpc) is 2.15. The summed E-state index contributed by atoms with van der Waals surface area (Å²) in [5, 5.41) is 0. The van der Waals surface area contributed by atoms with Crippen molar-refractivity contribution in [1.29, 1.82) is 0 Å². The van der Waals surface area contributed by atoms with Gasteiger partial charge in [-0.05, 0) is 17.9 Å². The highest BCUT2D eigenvalue weighted by atomic mass is 15.2. The Morgan fingerprint density at radius 3 is 2.50 bits per heavy atom. The van der Waals surface area contributed by atoms with E-state index in [0.29, 0.717) is 5.92 Å². The molecule has 0 aliphatic carbocycles. The maximum absolute atomic E-state index is 5.29. The average molecular weight is 164 g/mol. The fourth-order valence-electron chi connectivity index (χ4n) is 1.37. The van der Waals surface area contributed by atoms with Crippen LogP contribution in [0.2, 0.25) is 0 Å². The summed E-state index contributed by atoms with van der Waals surface area (Å²) >= 11 is 0. The van der Waals surface area contributed by atoms with Gasteiger partial charge < -0.3 is 0 Å². The molecule has 0 radical (unpaired) electrons. The number of hydrazine groups is 1. The number of hydrogen-bond donors (Lipinski definition) is 2. The highest BCUT2D eigenvalue weighted by molar-refractivity contribution is 5.19. The predicted molar refractivity (Wildman–Crippen MR) is 51.7 cm³/mol. The lowest BCUT2D eigenvalue weighted by molar-refractivity contribution is 0.586. The van der Waals surface area contributed by atoms with Crippen LogP contribution >= 0.6 is 0 Å². The van der Waals surface area contributed by atoms with Crippen molar-refractivity contribution in [2.75, 3.05) is 6.54 Å². The quantitative estimate of drug-likeness (QED) is 0.524. The van der Waals surface area contributed by atoms with E-state index in [1.807, 2.05) is 6.07 Å². The van der Waals surface area contributed by atoms with Gasteiger partial charge in [-0.1, -0.05) is 37.3 Å². The normalized spacial score (nSPS) is 12.8. The van der Waals surface area contributed by atoms with Crippen LogP contribution in [0.1, 0.15) is 24.8 Å². The summed E-state index contributed by atoms with van der Waals surface area (Å²) in [5.74, 6) is 5.83. The van der Waals surface area contributed by atoms with Crippen LogP contribution in [-0.2, 0) is 0 Å². The Labute approximate surface area is 73.8 Å². The first-order valence-electron chi connectivity index (χ1n) is 4.37. The molecule has 0 fully saturated rings. The van der Waals surface area contributed by atoms with E-state index in [0.717, 1.165) is 13.0 Å². The van der Waals surface area contributed by atoms with Crippen molar-refractivity contribution < 1.29 is 0 Å². The van der Waals surface area contributed by atoms with Crippen molar-refractivity contribution >= 4 is 0 Å². The second kappa shape index (κ2) is 4.91. The molecule has 0 aliphatic heterocycles. The first kappa shape index (κ1) is 9.23. The minimum absolute atomic E-state index is 0.538. The third-order valence-electron chi connectivity index (χ3n) is 2.13. The summed E-state index contributed by atoms with van der Waals surface area (Å²) in [7, 11) is 0. The standard InChI is InChI=1S/C10H16N2/c1-2-9(8-12-11)10-6-4-3-5-7-10/h3-7,9,12H,2,8,11H2,1H3/t9-/m0/s1. The van der Waals surface area contributed by atoms with Crippen LogP contribution in [0.5, 0.6) is 0 Å². The molecule has 1 rings (SSSR count). The van der Waals surface area contributed by atoms with Gasteiger partial charge in [-0.25, -0.2) is 0 Å². The Balaban J connectivity index is 2.66. The molecule has 0 saturated heterocycles. The molecule has 3 N–H and O–H groups in total. The Morgan fingerprint density at radius 2 is 2.00 bits per heavy atom. The first-order valence-corrected chi connectivity index (χ1v) is 4.37. The van der Waals surface area contributed by atoms with Crippen LogP contribution in [0.25, 0.3) is 0 Å². The molecule has 0 bridgehead atoms. The number of benzene rings is 1. The van der Waals surface area contributed by atoms with Crippen molar-refractivity contribution in [3.63, 3.8) is 0 Å². The summed E-state index contributed by atoms with van der Waals surface area (Å²) in [6.07, 6.45) is 1.12. The van der Waals surface area contributed by atoms with Crippen LogP contribution in [0.15, 0.2) is 30.3 Å². The summed E-state index contributed by atoms with van der Waals surface area (Å²) < 4.78 is 0. The van der Waals surface area contributed by atoms with Gasteiger partial charge in [-0.15, -0.1) is 0 Å². The van der Waals surface area contributed by atoms with Gasteiger partial charge in [-0.3, -0.25) is 11.3 Å². The van der Waals surface area contributed by atoms with Crippen molar-refractivity contribution in [2.24, 2.45) is 5.84 Å². The molecule has 0 aromatic heterocycles. The fraction of sp³-hybridized carbons (Fsp3) is 0.400. The molecule has 12 heavy (non-hydrogen) atoms. The van der Waals surface area contributed by atoms with Gasteiger partial charge in [0.2, 0.25) is 0 Å². The summed E-state index contributed by atoms with van der Waals surface area (Å²) in [6.45, 7) is 3.02. The van der Waals surface area contributed by atoms with Crippen LogP contribution in [0, 0.1) is 0 Å². The lowest BCUT2D eigenvalue weighted by Crippen LogP contribution is -2.27. The molecule has 1 aromatic rings. The smallest absolute Gasteiger partial charge is 0.0166 e. The van der Waals surface area contributed by atoms with E-state index < -0.39 is 0 Å². The van der Waals surface area contributed by atoms with Crippen LogP contribution in [0.4, 0.5) is 0 Å². The highest BCUT2D eigenvalue weighted by Crippen LogP contribution is 2.17. The summed E-state index contributed by atoms with van der Waals surface area (Å²) in [6, 6.07) is 10.5. The van der Waals surface area contributed by atoms with Crippen LogP contribution in [-0.4, -0.2) is 6.54 Å². The molecule has 0 aliphatic rings. The lowest BCUT2D eigenvalue weighted by atomic mass is 9.97. The van der Waals surface area contributed by atoms with Crippen molar-refractivity contribution in [3.05, 3.63) is 35.9 Å². The van der Waals surface area contributed by atoms with E-state index in [2.05, 4.69) is 36.6 Å². The number of nitrogens with one attached hydrogen (secondary N) is 1. The maximum Gasteiger partial charge on any atom is 0.0166 e. The topological polar surface area (TPSA) is 38.0 Å². The minimum Gasteiger partial charge on any atom is -0.271 e. The molecule has 0 heterocycles. The molecule has 0 unspecified atom stereocenters. The Bertz CT molecular complexity index is 208. The van der Waals surface area contributed by atoms with E-state index in [9.17, 15) is 0 Å². The Kier molecular flexibility index (Phi) is 3.77. The zero-order valence-electron chi connectivity index (χ0n) is 7.46. The second-order valence-electron chi connectivity index (χ2n) is 2.92. The monoisotopic (exact) mass is 164 g/mol. The summed E-state index contributed by atoms with van der Waals surface area (Å²) in [5.41, 5.74) is 4.08. The molecular weight excluding hydrogens is 148 g/mol. The zero-order chi connectivity index (χ0) is 8.81. The van der Waals surface area contributed by atoms with Gasteiger partial charge in [0, 0.05) is 6.54 Å². The van der Waals surface area contributed by atoms with Gasteiger partial charge in [-0.2, -0.15) is 0 Å². The molecule has 0 amide bonds. The van der Waals surface area contributed by atoms with Crippen molar-refractivity contribution in [1.82, 2.24) is 5.43 Å².